The quantitative estimate of drug-likeness (QED) is 0.453. The number of amides is 1. The molecule has 2 aromatic heterocycles. The maximum Gasteiger partial charge on any atom is 0.258 e. The third kappa shape index (κ3) is 4.73. The monoisotopic (exact) mass is 413 g/mol. The predicted molar refractivity (Wildman–Crippen MR) is 113 cm³/mol. The average Bonchev–Trinajstić information content (AvgIpc) is 2.71. The number of thioether (sulfide) groups is 1. The molecule has 0 aliphatic rings. The number of nitrogens with one attached hydrogen (secondary N) is 2. The Bertz CT molecular complexity index is 1150. The molecule has 2 heterocycles. The molecule has 29 heavy (non-hydrogen) atoms. The van der Waals surface area contributed by atoms with E-state index in [9.17, 15) is 14.4 Å². The predicted octanol–water partition coefficient (Wildman–Crippen LogP) is 2.02. The zero-order valence-electron chi connectivity index (χ0n) is 16.6. The van der Waals surface area contributed by atoms with E-state index in [4.69, 9.17) is 0 Å². The van der Waals surface area contributed by atoms with Crippen molar-refractivity contribution in [1.82, 2.24) is 24.8 Å². The van der Waals surface area contributed by atoms with Crippen molar-refractivity contribution in [2.45, 2.75) is 38.4 Å². The van der Waals surface area contributed by atoms with Crippen LogP contribution >= 0.6 is 11.8 Å². The minimum absolute atomic E-state index is 0.115. The number of carbonyl (C=O) groups is 1. The summed E-state index contributed by atoms with van der Waals surface area (Å²) < 4.78 is 0. The first-order valence-corrected chi connectivity index (χ1v) is 10.5. The van der Waals surface area contributed by atoms with Gasteiger partial charge in [0.05, 0.1) is 17.4 Å². The van der Waals surface area contributed by atoms with Crippen LogP contribution in [-0.4, -0.2) is 43.5 Å². The number of aryl methyl sites for hydroxylation is 1. The summed E-state index contributed by atoms with van der Waals surface area (Å²) in [5.74, 6) is 0.319. The Morgan fingerprint density at radius 2 is 1.90 bits per heavy atom. The van der Waals surface area contributed by atoms with Crippen LogP contribution in [0.1, 0.15) is 30.4 Å². The molecule has 3 aromatic rings. The van der Waals surface area contributed by atoms with Gasteiger partial charge < -0.3 is 14.9 Å². The molecule has 0 saturated heterocycles. The zero-order valence-corrected chi connectivity index (χ0v) is 17.4. The highest BCUT2D eigenvalue weighted by Crippen LogP contribution is 2.11. The summed E-state index contributed by atoms with van der Waals surface area (Å²) in [5, 5.41) is 1.07. The van der Waals surface area contributed by atoms with Crippen LogP contribution in [-0.2, 0) is 17.8 Å². The number of para-hydroxylation sites is 1. The standard InChI is InChI=1S/C20H23N5O3S/c1-4-25(11-16-22-15-8-6-5-7-14(15)19(28)23-16)17(26)10-9-13-12(2)21-20(29-3)24-18(13)27/h5-8H,4,9-11H2,1-3H3,(H,21,24,27)(H,22,23,28). The van der Waals surface area contributed by atoms with Crippen LogP contribution in [0, 0.1) is 6.92 Å². The normalized spacial score (nSPS) is 11.0. The van der Waals surface area contributed by atoms with E-state index in [2.05, 4.69) is 19.9 Å². The fraction of sp³-hybridized carbons (Fsp3) is 0.350. The van der Waals surface area contributed by atoms with Crippen molar-refractivity contribution in [3.63, 3.8) is 0 Å². The largest absolute Gasteiger partial charge is 0.335 e. The summed E-state index contributed by atoms with van der Waals surface area (Å²) in [6.45, 7) is 4.31. The Balaban J connectivity index is 1.73. The van der Waals surface area contributed by atoms with E-state index in [0.29, 0.717) is 46.1 Å². The third-order valence-corrected chi connectivity index (χ3v) is 5.30. The zero-order chi connectivity index (χ0) is 21.0. The van der Waals surface area contributed by atoms with E-state index >= 15 is 0 Å². The second-order valence-electron chi connectivity index (χ2n) is 6.58. The van der Waals surface area contributed by atoms with Gasteiger partial charge in [-0.3, -0.25) is 14.4 Å². The van der Waals surface area contributed by atoms with Crippen molar-refractivity contribution >= 4 is 28.6 Å². The SMILES string of the molecule is CCN(Cc1nc2ccccc2c(=O)[nH]1)C(=O)CCc1c(C)nc(SC)[nH]c1=O. The Morgan fingerprint density at radius 1 is 1.14 bits per heavy atom. The van der Waals surface area contributed by atoms with Gasteiger partial charge in [-0.25, -0.2) is 9.97 Å². The number of hydrogen-bond donors (Lipinski definition) is 2. The van der Waals surface area contributed by atoms with E-state index < -0.39 is 0 Å². The van der Waals surface area contributed by atoms with Crippen LogP contribution in [0.2, 0.25) is 0 Å². The molecule has 9 heteroatoms. The summed E-state index contributed by atoms with van der Waals surface area (Å²) in [6.07, 6.45) is 2.32. The molecule has 0 saturated carbocycles. The fourth-order valence-corrected chi connectivity index (χ4v) is 3.56. The summed E-state index contributed by atoms with van der Waals surface area (Å²) in [7, 11) is 0. The first-order chi connectivity index (χ1) is 13.9. The first kappa shape index (κ1) is 20.8. The molecule has 0 unspecified atom stereocenters. The molecular weight excluding hydrogens is 390 g/mol. The number of fused-ring (bicyclic) bond motifs is 1. The van der Waals surface area contributed by atoms with Crippen molar-refractivity contribution in [2.75, 3.05) is 12.8 Å². The van der Waals surface area contributed by atoms with Crippen molar-refractivity contribution in [1.29, 1.82) is 0 Å². The minimum atomic E-state index is -0.226. The van der Waals surface area contributed by atoms with Crippen LogP contribution in [0.4, 0.5) is 0 Å². The van der Waals surface area contributed by atoms with E-state index in [1.807, 2.05) is 19.2 Å². The Hall–Kier alpha value is -2.94. The molecule has 0 atom stereocenters. The number of carbonyl (C=O) groups excluding carboxylic acids is 1. The lowest BCUT2D eigenvalue weighted by atomic mass is 10.1. The lowest BCUT2D eigenvalue weighted by Gasteiger charge is -2.20. The lowest BCUT2D eigenvalue weighted by molar-refractivity contribution is -0.131. The lowest BCUT2D eigenvalue weighted by Crippen LogP contribution is -2.32. The van der Waals surface area contributed by atoms with Crippen LogP contribution in [0.3, 0.4) is 0 Å². The second-order valence-corrected chi connectivity index (χ2v) is 7.37. The molecule has 1 amide bonds. The van der Waals surface area contributed by atoms with Gasteiger partial charge in [0.1, 0.15) is 5.82 Å². The van der Waals surface area contributed by atoms with Crippen LogP contribution < -0.4 is 11.1 Å². The van der Waals surface area contributed by atoms with Gasteiger partial charge in [0.25, 0.3) is 11.1 Å². The minimum Gasteiger partial charge on any atom is -0.335 e. The molecule has 3 rings (SSSR count). The summed E-state index contributed by atoms with van der Waals surface area (Å²) >= 11 is 1.36. The maximum absolute atomic E-state index is 12.7. The van der Waals surface area contributed by atoms with Crippen molar-refractivity contribution in [2.24, 2.45) is 0 Å². The molecule has 0 spiro atoms. The van der Waals surface area contributed by atoms with Gasteiger partial charge in [-0.05, 0) is 38.7 Å². The Kier molecular flexibility index (Phi) is 6.48. The summed E-state index contributed by atoms with van der Waals surface area (Å²) in [6, 6.07) is 7.08. The third-order valence-electron chi connectivity index (χ3n) is 4.72. The van der Waals surface area contributed by atoms with Crippen LogP contribution in [0.5, 0.6) is 0 Å². The highest BCUT2D eigenvalue weighted by atomic mass is 32.2. The number of benzene rings is 1. The van der Waals surface area contributed by atoms with Gasteiger partial charge in [0.15, 0.2) is 5.16 Å². The van der Waals surface area contributed by atoms with Crippen molar-refractivity contribution < 1.29 is 4.79 Å². The Morgan fingerprint density at radius 3 is 2.59 bits per heavy atom. The highest BCUT2D eigenvalue weighted by Gasteiger charge is 2.16. The number of aromatic amines is 2. The molecule has 0 aliphatic heterocycles. The van der Waals surface area contributed by atoms with Crippen molar-refractivity contribution in [3.05, 3.63) is 62.1 Å². The number of aromatic nitrogens is 4. The molecule has 2 N–H and O–H groups in total. The van der Waals surface area contributed by atoms with Gasteiger partial charge in [0.2, 0.25) is 5.91 Å². The van der Waals surface area contributed by atoms with Crippen LogP contribution in [0.15, 0.2) is 39.0 Å². The summed E-state index contributed by atoms with van der Waals surface area (Å²) in [4.78, 5) is 53.1. The molecule has 0 fully saturated rings. The Labute approximate surface area is 171 Å². The fourth-order valence-electron chi connectivity index (χ4n) is 3.13. The number of H-pyrrole nitrogens is 2. The van der Waals surface area contributed by atoms with Gasteiger partial charge in [0, 0.05) is 24.2 Å². The number of nitrogens with zero attached hydrogens (tertiary/aromatic N) is 3. The van der Waals surface area contributed by atoms with Gasteiger partial charge in [-0.1, -0.05) is 23.9 Å². The summed E-state index contributed by atoms with van der Waals surface area (Å²) in [5.41, 5.74) is 1.31. The number of hydrogen-bond acceptors (Lipinski definition) is 6. The van der Waals surface area contributed by atoms with E-state index in [0.717, 1.165) is 0 Å². The molecule has 152 valence electrons. The van der Waals surface area contributed by atoms with Gasteiger partial charge in [-0.15, -0.1) is 0 Å². The highest BCUT2D eigenvalue weighted by molar-refractivity contribution is 7.98. The molecule has 0 radical (unpaired) electrons. The molecule has 0 aliphatic carbocycles. The van der Waals surface area contributed by atoms with E-state index in [-0.39, 0.29) is 30.0 Å². The van der Waals surface area contributed by atoms with Crippen LogP contribution in [0.25, 0.3) is 10.9 Å². The molecule has 8 nitrogen and oxygen atoms in total. The average molecular weight is 414 g/mol. The van der Waals surface area contributed by atoms with E-state index in [1.54, 1.807) is 30.0 Å². The number of rotatable bonds is 7. The first-order valence-electron chi connectivity index (χ1n) is 9.32. The molecule has 1 aromatic carbocycles. The smallest absolute Gasteiger partial charge is 0.258 e. The molecular formula is C20H23N5O3S. The van der Waals surface area contributed by atoms with E-state index in [1.165, 1.54) is 11.8 Å². The van der Waals surface area contributed by atoms with Gasteiger partial charge >= 0.3 is 0 Å². The molecule has 0 bridgehead atoms. The topological polar surface area (TPSA) is 112 Å². The second kappa shape index (κ2) is 9.04. The maximum atomic E-state index is 12.7. The van der Waals surface area contributed by atoms with Crippen molar-refractivity contribution in [3.8, 4) is 0 Å². The van der Waals surface area contributed by atoms with Gasteiger partial charge in [-0.2, -0.15) is 0 Å².